The van der Waals surface area contributed by atoms with Crippen LogP contribution >= 0.6 is 11.8 Å². The van der Waals surface area contributed by atoms with Crippen molar-refractivity contribution in [3.05, 3.63) is 47.9 Å². The molecule has 0 saturated carbocycles. The second-order valence-corrected chi connectivity index (χ2v) is 8.17. The Hall–Kier alpha value is -2.08. The van der Waals surface area contributed by atoms with E-state index in [1.807, 2.05) is 19.2 Å². The lowest BCUT2D eigenvalue weighted by molar-refractivity contribution is -0.119. The molecule has 1 N–H and O–H groups in total. The van der Waals surface area contributed by atoms with Crippen molar-refractivity contribution >= 4 is 29.0 Å². The zero-order chi connectivity index (χ0) is 18.9. The van der Waals surface area contributed by atoms with E-state index in [9.17, 15) is 9.18 Å². The third-order valence-electron chi connectivity index (χ3n) is 4.98. The summed E-state index contributed by atoms with van der Waals surface area (Å²) in [6, 6.07) is 8.09. The van der Waals surface area contributed by atoms with Gasteiger partial charge in [0.1, 0.15) is 11.9 Å². The highest BCUT2D eigenvalue weighted by Gasteiger charge is 2.45. The van der Waals surface area contributed by atoms with Crippen LogP contribution in [0.15, 0.2) is 41.6 Å². The van der Waals surface area contributed by atoms with Crippen LogP contribution in [0.1, 0.15) is 25.8 Å². The number of aryl methyl sites for hydroxylation is 1. The quantitative estimate of drug-likeness (QED) is 0.802. The topological polar surface area (TPSA) is 45.2 Å². The second kappa shape index (κ2) is 7.27. The number of carbonyl (C=O) groups excluding carboxylic acids is 1. The van der Waals surface area contributed by atoms with Crippen molar-refractivity contribution < 1.29 is 9.18 Å². The van der Waals surface area contributed by atoms with E-state index in [0.717, 1.165) is 34.9 Å². The summed E-state index contributed by atoms with van der Waals surface area (Å²) in [6.45, 7) is 6.86. The van der Waals surface area contributed by atoms with Crippen LogP contribution in [-0.4, -0.2) is 29.7 Å². The molecule has 1 unspecified atom stereocenters. The third-order valence-corrected chi connectivity index (χ3v) is 5.62. The van der Waals surface area contributed by atoms with Crippen molar-refractivity contribution in [1.29, 1.82) is 0 Å². The predicted octanol–water partition coefficient (Wildman–Crippen LogP) is 4.49. The van der Waals surface area contributed by atoms with Crippen LogP contribution < -0.4 is 10.2 Å². The standard InChI is InChI=1S/C20H24FN3OS/c1-13-11-14(21)5-6-16(13)24-10-8-20(2,3)18(24)19(25)23-15-7-9-22-17(12-15)26-4/h5-7,9,11-12,18H,8,10H2,1-4H3,(H,22,23,25). The van der Waals surface area contributed by atoms with Gasteiger partial charge in [-0.15, -0.1) is 11.8 Å². The molecule has 0 spiro atoms. The van der Waals surface area contributed by atoms with Gasteiger partial charge in [0.05, 0.1) is 5.03 Å². The summed E-state index contributed by atoms with van der Waals surface area (Å²) >= 11 is 1.53. The van der Waals surface area contributed by atoms with Gasteiger partial charge in [0.15, 0.2) is 0 Å². The minimum Gasteiger partial charge on any atom is -0.359 e. The number of hydrogen-bond donors (Lipinski definition) is 1. The maximum Gasteiger partial charge on any atom is 0.247 e. The lowest BCUT2D eigenvalue weighted by atomic mass is 9.84. The summed E-state index contributed by atoms with van der Waals surface area (Å²) in [4.78, 5) is 19.5. The smallest absolute Gasteiger partial charge is 0.247 e. The monoisotopic (exact) mass is 373 g/mol. The molecule has 1 aromatic carbocycles. The van der Waals surface area contributed by atoms with Crippen LogP contribution in [0, 0.1) is 18.2 Å². The predicted molar refractivity (Wildman–Crippen MR) is 105 cm³/mol. The van der Waals surface area contributed by atoms with Crippen LogP contribution in [0.4, 0.5) is 15.8 Å². The molecule has 1 aromatic heterocycles. The fraction of sp³-hybridized carbons (Fsp3) is 0.400. The highest BCUT2D eigenvalue weighted by Crippen LogP contribution is 2.40. The molecular weight excluding hydrogens is 349 g/mol. The highest BCUT2D eigenvalue weighted by atomic mass is 32.2. The Labute approximate surface area is 158 Å². The molecule has 138 valence electrons. The number of halogens is 1. The van der Waals surface area contributed by atoms with E-state index in [4.69, 9.17) is 0 Å². The van der Waals surface area contributed by atoms with E-state index in [1.54, 1.807) is 18.3 Å². The SMILES string of the molecule is CSc1cc(NC(=O)C2N(c3ccc(F)cc3C)CCC2(C)C)ccn1. The van der Waals surface area contributed by atoms with Gasteiger partial charge in [0.2, 0.25) is 5.91 Å². The number of aromatic nitrogens is 1. The average Bonchev–Trinajstić information content (AvgIpc) is 2.90. The summed E-state index contributed by atoms with van der Waals surface area (Å²) < 4.78 is 13.5. The zero-order valence-corrected chi connectivity index (χ0v) is 16.4. The number of rotatable bonds is 4. The molecular formula is C20H24FN3OS. The molecule has 2 heterocycles. The van der Waals surface area contributed by atoms with Crippen molar-refractivity contribution in [3.8, 4) is 0 Å². The lowest BCUT2D eigenvalue weighted by Crippen LogP contribution is -2.46. The van der Waals surface area contributed by atoms with E-state index in [1.165, 1.54) is 23.9 Å². The number of pyridine rings is 1. The number of anilines is 2. The Morgan fingerprint density at radius 3 is 2.81 bits per heavy atom. The first-order valence-corrected chi connectivity index (χ1v) is 9.88. The normalized spacial score (nSPS) is 18.8. The van der Waals surface area contributed by atoms with Crippen LogP contribution in [-0.2, 0) is 4.79 Å². The number of nitrogens with one attached hydrogen (secondary N) is 1. The summed E-state index contributed by atoms with van der Waals surface area (Å²) in [5.74, 6) is -0.304. The molecule has 1 saturated heterocycles. The first-order valence-electron chi connectivity index (χ1n) is 8.65. The van der Waals surface area contributed by atoms with E-state index in [-0.39, 0.29) is 23.2 Å². The van der Waals surface area contributed by atoms with E-state index >= 15 is 0 Å². The number of benzene rings is 1. The van der Waals surface area contributed by atoms with Crippen LogP contribution in [0.25, 0.3) is 0 Å². The van der Waals surface area contributed by atoms with Crippen LogP contribution in [0.5, 0.6) is 0 Å². The Morgan fingerprint density at radius 2 is 2.12 bits per heavy atom. The molecule has 0 bridgehead atoms. The fourth-order valence-electron chi connectivity index (χ4n) is 3.60. The summed E-state index contributed by atoms with van der Waals surface area (Å²) in [5, 5.41) is 3.90. The minimum absolute atomic E-state index is 0.0468. The number of thioether (sulfide) groups is 1. The number of nitrogens with zero attached hydrogens (tertiary/aromatic N) is 2. The van der Waals surface area contributed by atoms with Gasteiger partial charge in [0, 0.05) is 24.1 Å². The van der Waals surface area contributed by atoms with Crippen LogP contribution in [0.2, 0.25) is 0 Å². The van der Waals surface area contributed by atoms with E-state index in [0.29, 0.717) is 0 Å². The lowest BCUT2D eigenvalue weighted by Gasteiger charge is -2.33. The first kappa shape index (κ1) is 18.7. The minimum atomic E-state index is -0.322. The number of hydrogen-bond acceptors (Lipinski definition) is 4. The molecule has 1 amide bonds. The maximum atomic E-state index is 13.5. The molecule has 1 aliphatic heterocycles. The van der Waals surface area contributed by atoms with Gasteiger partial charge in [-0.2, -0.15) is 0 Å². The maximum absolute atomic E-state index is 13.5. The van der Waals surface area contributed by atoms with Crippen LogP contribution in [0.3, 0.4) is 0 Å². The van der Waals surface area contributed by atoms with Gasteiger partial charge < -0.3 is 10.2 Å². The largest absolute Gasteiger partial charge is 0.359 e. The first-order chi connectivity index (χ1) is 12.3. The van der Waals surface area contributed by atoms with Gasteiger partial charge in [-0.05, 0) is 60.9 Å². The molecule has 26 heavy (non-hydrogen) atoms. The molecule has 1 aliphatic rings. The molecule has 3 rings (SSSR count). The van der Waals surface area contributed by atoms with Crippen molar-refractivity contribution in [2.24, 2.45) is 5.41 Å². The third kappa shape index (κ3) is 3.70. The van der Waals surface area contributed by atoms with E-state index < -0.39 is 0 Å². The van der Waals surface area contributed by atoms with Crippen molar-refractivity contribution in [1.82, 2.24) is 4.98 Å². The molecule has 6 heteroatoms. The number of amides is 1. The van der Waals surface area contributed by atoms with Crippen molar-refractivity contribution in [2.75, 3.05) is 23.0 Å². The molecule has 2 aromatic rings. The fourth-order valence-corrected chi connectivity index (χ4v) is 4.01. The summed E-state index contributed by atoms with van der Waals surface area (Å²) in [7, 11) is 0. The van der Waals surface area contributed by atoms with Crippen molar-refractivity contribution in [2.45, 2.75) is 38.3 Å². The molecule has 1 fully saturated rings. The molecule has 0 radical (unpaired) electrons. The average molecular weight is 373 g/mol. The molecule has 1 atom stereocenters. The van der Waals surface area contributed by atoms with Crippen molar-refractivity contribution in [3.63, 3.8) is 0 Å². The van der Waals surface area contributed by atoms with Gasteiger partial charge in [-0.3, -0.25) is 4.79 Å². The Bertz CT molecular complexity index is 824. The Balaban J connectivity index is 1.89. The molecule has 4 nitrogen and oxygen atoms in total. The van der Waals surface area contributed by atoms with Gasteiger partial charge in [-0.25, -0.2) is 9.37 Å². The molecule has 0 aliphatic carbocycles. The Kier molecular flexibility index (Phi) is 5.23. The van der Waals surface area contributed by atoms with Gasteiger partial charge in [0.25, 0.3) is 0 Å². The van der Waals surface area contributed by atoms with E-state index in [2.05, 4.69) is 29.0 Å². The second-order valence-electron chi connectivity index (χ2n) is 7.34. The zero-order valence-electron chi connectivity index (χ0n) is 15.5. The highest BCUT2D eigenvalue weighted by molar-refractivity contribution is 7.98. The summed E-state index contributed by atoms with van der Waals surface area (Å²) in [6.07, 6.45) is 4.55. The number of carbonyl (C=O) groups is 1. The van der Waals surface area contributed by atoms with Gasteiger partial charge in [-0.1, -0.05) is 13.8 Å². The summed E-state index contributed by atoms with van der Waals surface area (Å²) in [5.41, 5.74) is 2.32. The van der Waals surface area contributed by atoms with Gasteiger partial charge >= 0.3 is 0 Å². The Morgan fingerprint density at radius 1 is 1.35 bits per heavy atom.